The SMILES string of the molecule is Cc1cnc(CN2C(=O)NC(=O)C(C3CCCC3)C2=O)s1. The number of hydrogen-bond acceptors (Lipinski definition) is 5. The summed E-state index contributed by atoms with van der Waals surface area (Å²) in [4.78, 5) is 42.8. The molecule has 2 heterocycles. The molecule has 2 aliphatic rings. The molecule has 1 saturated heterocycles. The van der Waals surface area contributed by atoms with Crippen LogP contribution in [0.2, 0.25) is 0 Å². The highest BCUT2D eigenvalue weighted by atomic mass is 32.1. The van der Waals surface area contributed by atoms with Crippen molar-refractivity contribution >= 4 is 29.2 Å². The van der Waals surface area contributed by atoms with Gasteiger partial charge in [-0.15, -0.1) is 11.3 Å². The van der Waals surface area contributed by atoms with E-state index in [2.05, 4.69) is 10.3 Å². The first kappa shape index (κ1) is 14.2. The van der Waals surface area contributed by atoms with Gasteiger partial charge in [0.15, 0.2) is 0 Å². The fraction of sp³-hybridized carbons (Fsp3) is 0.571. The van der Waals surface area contributed by atoms with E-state index in [1.54, 1.807) is 6.20 Å². The first-order valence-corrected chi connectivity index (χ1v) is 7.95. The molecule has 1 saturated carbocycles. The average molecular weight is 307 g/mol. The lowest BCUT2D eigenvalue weighted by molar-refractivity contribution is -0.145. The van der Waals surface area contributed by atoms with Crippen LogP contribution in [0.4, 0.5) is 4.79 Å². The van der Waals surface area contributed by atoms with Gasteiger partial charge in [-0.05, 0) is 25.7 Å². The smallest absolute Gasteiger partial charge is 0.277 e. The van der Waals surface area contributed by atoms with Gasteiger partial charge in [0.2, 0.25) is 11.8 Å². The van der Waals surface area contributed by atoms with Gasteiger partial charge < -0.3 is 0 Å². The van der Waals surface area contributed by atoms with Crippen molar-refractivity contribution < 1.29 is 14.4 Å². The number of carbonyl (C=O) groups is 3. The second-order valence-electron chi connectivity index (χ2n) is 5.61. The maximum atomic E-state index is 12.6. The number of aromatic nitrogens is 1. The van der Waals surface area contributed by atoms with Crippen LogP contribution in [0.1, 0.15) is 35.6 Å². The Hall–Kier alpha value is -1.76. The highest BCUT2D eigenvalue weighted by molar-refractivity contribution is 7.11. The third kappa shape index (κ3) is 2.70. The largest absolute Gasteiger partial charge is 0.331 e. The van der Waals surface area contributed by atoms with Gasteiger partial charge in [-0.3, -0.25) is 19.8 Å². The molecule has 1 aliphatic heterocycles. The molecule has 0 aromatic carbocycles. The van der Waals surface area contributed by atoms with Crippen molar-refractivity contribution in [3.8, 4) is 0 Å². The Morgan fingerprint density at radius 3 is 2.67 bits per heavy atom. The molecular weight excluding hydrogens is 290 g/mol. The molecule has 2 fully saturated rings. The molecule has 1 atom stereocenters. The number of nitrogens with zero attached hydrogens (tertiary/aromatic N) is 2. The summed E-state index contributed by atoms with van der Waals surface area (Å²) in [6.45, 7) is 2.06. The maximum absolute atomic E-state index is 12.6. The lowest BCUT2D eigenvalue weighted by Crippen LogP contribution is -2.59. The molecule has 1 aromatic rings. The Bertz CT molecular complexity index is 592. The molecule has 21 heavy (non-hydrogen) atoms. The molecular formula is C14H17N3O3S. The Morgan fingerprint density at radius 1 is 1.33 bits per heavy atom. The molecule has 1 N–H and O–H groups in total. The zero-order chi connectivity index (χ0) is 15.0. The molecule has 1 aliphatic carbocycles. The van der Waals surface area contributed by atoms with Gasteiger partial charge in [0, 0.05) is 11.1 Å². The fourth-order valence-corrected chi connectivity index (χ4v) is 3.87. The Morgan fingerprint density at radius 2 is 2.05 bits per heavy atom. The number of nitrogens with one attached hydrogen (secondary N) is 1. The molecule has 6 nitrogen and oxygen atoms in total. The lowest BCUT2D eigenvalue weighted by Gasteiger charge is -2.32. The van der Waals surface area contributed by atoms with Crippen molar-refractivity contribution in [3.05, 3.63) is 16.1 Å². The number of aryl methyl sites for hydroxylation is 1. The minimum Gasteiger partial charge on any atom is -0.277 e. The predicted octanol–water partition coefficient (Wildman–Crippen LogP) is 1.84. The molecule has 3 rings (SSSR count). The highest BCUT2D eigenvalue weighted by Gasteiger charge is 2.45. The van der Waals surface area contributed by atoms with Crippen LogP contribution in [0.15, 0.2) is 6.20 Å². The summed E-state index contributed by atoms with van der Waals surface area (Å²) < 4.78 is 0. The quantitative estimate of drug-likeness (QED) is 0.864. The average Bonchev–Trinajstić information content (AvgIpc) is 3.06. The molecule has 1 aromatic heterocycles. The van der Waals surface area contributed by atoms with Crippen LogP contribution in [0.25, 0.3) is 0 Å². The topological polar surface area (TPSA) is 79.4 Å². The van der Waals surface area contributed by atoms with Gasteiger partial charge in [-0.2, -0.15) is 0 Å². The van der Waals surface area contributed by atoms with Crippen LogP contribution in [0.5, 0.6) is 0 Å². The highest BCUT2D eigenvalue weighted by Crippen LogP contribution is 2.34. The van der Waals surface area contributed by atoms with E-state index in [0.29, 0.717) is 5.01 Å². The van der Waals surface area contributed by atoms with Gasteiger partial charge in [-0.1, -0.05) is 12.8 Å². The van der Waals surface area contributed by atoms with Crippen LogP contribution < -0.4 is 5.32 Å². The van der Waals surface area contributed by atoms with Crippen molar-refractivity contribution in [1.82, 2.24) is 15.2 Å². The molecule has 7 heteroatoms. The number of hydrogen-bond donors (Lipinski definition) is 1. The standard InChI is InChI=1S/C14H17N3O3S/c1-8-6-15-10(21-8)7-17-13(19)11(9-4-2-3-5-9)12(18)16-14(17)20/h6,9,11H,2-5,7H2,1H3,(H,16,18,20). The predicted molar refractivity (Wildman–Crippen MR) is 76.4 cm³/mol. The van der Waals surface area contributed by atoms with Crippen molar-refractivity contribution in [3.63, 3.8) is 0 Å². The number of imide groups is 2. The van der Waals surface area contributed by atoms with Crippen molar-refractivity contribution in [2.45, 2.75) is 39.2 Å². The summed E-state index contributed by atoms with van der Waals surface area (Å²) in [5.41, 5.74) is 0. The summed E-state index contributed by atoms with van der Waals surface area (Å²) in [6, 6.07) is -0.632. The van der Waals surface area contributed by atoms with E-state index in [-0.39, 0.29) is 18.4 Å². The summed E-state index contributed by atoms with van der Waals surface area (Å²) in [7, 11) is 0. The zero-order valence-electron chi connectivity index (χ0n) is 11.8. The number of amides is 4. The van der Waals surface area contributed by atoms with E-state index >= 15 is 0 Å². The van der Waals surface area contributed by atoms with Gasteiger partial charge in [-0.25, -0.2) is 9.78 Å². The van der Waals surface area contributed by atoms with Gasteiger partial charge in [0.05, 0.1) is 6.54 Å². The third-order valence-corrected chi connectivity index (χ3v) is 5.02. The molecule has 4 amide bonds. The van der Waals surface area contributed by atoms with Gasteiger partial charge in [0.1, 0.15) is 10.9 Å². The van der Waals surface area contributed by atoms with E-state index in [1.165, 1.54) is 11.3 Å². The Balaban J connectivity index is 1.80. The zero-order valence-corrected chi connectivity index (χ0v) is 12.6. The summed E-state index contributed by atoms with van der Waals surface area (Å²) in [5, 5.41) is 3.02. The van der Waals surface area contributed by atoms with Crippen molar-refractivity contribution in [2.75, 3.05) is 0 Å². The number of thiazole rings is 1. The number of rotatable bonds is 3. The van der Waals surface area contributed by atoms with Crippen LogP contribution in [0.3, 0.4) is 0 Å². The molecule has 112 valence electrons. The molecule has 0 spiro atoms. The fourth-order valence-electron chi connectivity index (χ4n) is 3.10. The van der Waals surface area contributed by atoms with Crippen LogP contribution in [0, 0.1) is 18.8 Å². The lowest BCUT2D eigenvalue weighted by atomic mass is 9.87. The number of barbiturate groups is 1. The monoisotopic (exact) mass is 307 g/mol. The van der Waals surface area contributed by atoms with E-state index in [0.717, 1.165) is 35.5 Å². The van der Waals surface area contributed by atoms with Gasteiger partial charge in [0.25, 0.3) is 0 Å². The minimum atomic E-state index is -0.716. The summed E-state index contributed by atoms with van der Waals surface area (Å²) in [5.74, 6) is -1.47. The van der Waals surface area contributed by atoms with E-state index in [9.17, 15) is 14.4 Å². The van der Waals surface area contributed by atoms with Crippen molar-refractivity contribution in [1.29, 1.82) is 0 Å². The first-order valence-electron chi connectivity index (χ1n) is 7.14. The number of urea groups is 1. The van der Waals surface area contributed by atoms with Gasteiger partial charge >= 0.3 is 6.03 Å². The number of carbonyl (C=O) groups excluding carboxylic acids is 3. The van der Waals surface area contributed by atoms with Crippen LogP contribution in [-0.2, 0) is 16.1 Å². The second-order valence-corrected chi connectivity index (χ2v) is 6.92. The third-order valence-electron chi connectivity index (χ3n) is 4.12. The van der Waals surface area contributed by atoms with Crippen LogP contribution in [-0.4, -0.2) is 27.7 Å². The van der Waals surface area contributed by atoms with E-state index in [4.69, 9.17) is 0 Å². The molecule has 0 bridgehead atoms. The van der Waals surface area contributed by atoms with Crippen LogP contribution >= 0.6 is 11.3 Å². The molecule has 0 radical (unpaired) electrons. The Kier molecular flexibility index (Phi) is 3.75. The summed E-state index contributed by atoms with van der Waals surface area (Å²) in [6.07, 6.45) is 5.55. The van der Waals surface area contributed by atoms with E-state index < -0.39 is 17.9 Å². The first-order chi connectivity index (χ1) is 10.1. The van der Waals surface area contributed by atoms with E-state index in [1.807, 2.05) is 6.92 Å². The van der Waals surface area contributed by atoms with Crippen molar-refractivity contribution in [2.24, 2.45) is 11.8 Å². The Labute approximate surface area is 126 Å². The molecule has 1 unspecified atom stereocenters. The summed E-state index contributed by atoms with van der Waals surface area (Å²) >= 11 is 1.45. The maximum Gasteiger partial charge on any atom is 0.331 e. The second kappa shape index (κ2) is 5.55. The minimum absolute atomic E-state index is 0.0612. The normalized spacial score (nSPS) is 23.8.